The first kappa shape index (κ1) is 19.8. The number of hydrogen-bond acceptors (Lipinski definition) is 4. The number of benzene rings is 2. The second kappa shape index (κ2) is 8.87. The Labute approximate surface area is 172 Å². The van der Waals surface area contributed by atoms with E-state index in [0.717, 1.165) is 57.5 Å². The average molecular weight is 395 g/mol. The molecule has 1 atom stereocenters. The van der Waals surface area contributed by atoms with Gasteiger partial charge in [0.2, 0.25) is 0 Å². The smallest absolute Gasteiger partial charge is 0.307 e. The molecule has 0 saturated carbocycles. The Bertz CT molecular complexity index is 867. The van der Waals surface area contributed by atoms with E-state index in [1.165, 1.54) is 22.5 Å². The Kier molecular flexibility index (Phi) is 6.05. The fraction of sp³-hybridized carbons (Fsp3) is 0.458. The Morgan fingerprint density at radius 2 is 1.90 bits per heavy atom. The van der Waals surface area contributed by atoms with E-state index in [9.17, 15) is 9.90 Å². The van der Waals surface area contributed by atoms with Crippen molar-refractivity contribution in [2.24, 2.45) is 5.92 Å². The van der Waals surface area contributed by atoms with Gasteiger partial charge in [0.05, 0.1) is 13.0 Å². The van der Waals surface area contributed by atoms with Gasteiger partial charge in [0.15, 0.2) is 0 Å². The van der Waals surface area contributed by atoms with Gasteiger partial charge in [-0.05, 0) is 68.5 Å². The Balaban J connectivity index is 1.52. The number of carboxylic acids is 1. The Hall–Kier alpha value is -2.53. The van der Waals surface area contributed by atoms with Crippen LogP contribution in [0.25, 0.3) is 0 Å². The van der Waals surface area contributed by atoms with Crippen LogP contribution in [0.15, 0.2) is 42.5 Å². The fourth-order valence-electron chi connectivity index (χ4n) is 4.67. The third-order valence-electron chi connectivity index (χ3n) is 6.24. The predicted molar refractivity (Wildman–Crippen MR) is 115 cm³/mol. The Morgan fingerprint density at radius 1 is 1.10 bits per heavy atom. The van der Waals surface area contributed by atoms with Crippen LogP contribution in [0.1, 0.15) is 30.4 Å². The molecule has 0 unspecified atom stereocenters. The standard InChI is InChI=1S/C24H30N2O3/c1-29-21-12-11-19-10-9-18-6-2-3-8-22(18)26(23(19)16-21)15-5-14-25-13-4-7-20(17-25)24(27)28/h2-3,6,8,11-12,16,20H,4-5,7,9-10,13-15,17H2,1H3,(H,27,28)/t20-/m1/s1. The zero-order chi connectivity index (χ0) is 20.2. The molecule has 2 aromatic carbocycles. The van der Waals surface area contributed by atoms with Crippen LogP contribution in [-0.2, 0) is 17.6 Å². The van der Waals surface area contributed by atoms with Gasteiger partial charge >= 0.3 is 5.97 Å². The van der Waals surface area contributed by atoms with E-state index in [4.69, 9.17) is 4.74 Å². The van der Waals surface area contributed by atoms with Gasteiger partial charge in [-0.1, -0.05) is 24.3 Å². The van der Waals surface area contributed by atoms with E-state index in [0.29, 0.717) is 6.54 Å². The highest BCUT2D eigenvalue weighted by molar-refractivity contribution is 5.72. The first-order valence-electron chi connectivity index (χ1n) is 10.6. The molecule has 0 amide bonds. The number of hydrogen-bond donors (Lipinski definition) is 1. The van der Waals surface area contributed by atoms with Gasteiger partial charge in [-0.2, -0.15) is 0 Å². The zero-order valence-electron chi connectivity index (χ0n) is 17.1. The number of methoxy groups -OCH3 is 1. The minimum absolute atomic E-state index is 0.215. The highest BCUT2D eigenvalue weighted by Crippen LogP contribution is 2.38. The molecule has 0 aliphatic carbocycles. The molecule has 1 saturated heterocycles. The molecule has 0 bridgehead atoms. The number of carboxylic acid groups (broad SMARTS) is 1. The molecular weight excluding hydrogens is 364 g/mol. The minimum Gasteiger partial charge on any atom is -0.497 e. The van der Waals surface area contributed by atoms with Crippen LogP contribution in [-0.4, -0.2) is 49.3 Å². The van der Waals surface area contributed by atoms with Gasteiger partial charge < -0.3 is 19.6 Å². The van der Waals surface area contributed by atoms with Gasteiger partial charge in [-0.25, -0.2) is 0 Å². The number of nitrogens with zero attached hydrogens (tertiary/aromatic N) is 2. The number of ether oxygens (including phenoxy) is 1. The second-order valence-corrected chi connectivity index (χ2v) is 8.11. The van der Waals surface area contributed by atoms with Gasteiger partial charge in [0, 0.05) is 30.5 Å². The summed E-state index contributed by atoms with van der Waals surface area (Å²) in [6.45, 7) is 3.52. The maximum absolute atomic E-state index is 11.3. The largest absolute Gasteiger partial charge is 0.497 e. The molecule has 1 N–H and O–H groups in total. The molecule has 2 aliphatic rings. The van der Waals surface area contributed by atoms with E-state index in [2.05, 4.69) is 46.2 Å². The van der Waals surface area contributed by atoms with Crippen LogP contribution in [0.2, 0.25) is 0 Å². The van der Waals surface area contributed by atoms with E-state index in [-0.39, 0.29) is 5.92 Å². The molecule has 2 aliphatic heterocycles. The third-order valence-corrected chi connectivity index (χ3v) is 6.24. The molecule has 2 heterocycles. The summed E-state index contributed by atoms with van der Waals surface area (Å²) >= 11 is 0. The normalized spacial score (nSPS) is 19.2. The molecule has 0 radical (unpaired) electrons. The number of rotatable bonds is 6. The fourth-order valence-corrected chi connectivity index (χ4v) is 4.67. The van der Waals surface area contributed by atoms with E-state index < -0.39 is 5.97 Å². The van der Waals surface area contributed by atoms with Crippen LogP contribution < -0.4 is 9.64 Å². The van der Waals surface area contributed by atoms with Crippen molar-refractivity contribution in [1.29, 1.82) is 0 Å². The molecular formula is C24H30N2O3. The van der Waals surface area contributed by atoms with Gasteiger partial charge in [-0.3, -0.25) is 4.79 Å². The van der Waals surface area contributed by atoms with Crippen molar-refractivity contribution >= 4 is 17.3 Å². The van der Waals surface area contributed by atoms with E-state index in [1.54, 1.807) is 7.11 Å². The predicted octanol–water partition coefficient (Wildman–Crippen LogP) is 4.12. The SMILES string of the molecule is COc1ccc2c(c1)N(CCCN1CCC[C@@H](C(=O)O)C1)c1ccccc1CC2. The molecule has 1 fully saturated rings. The maximum atomic E-state index is 11.3. The number of carbonyl (C=O) groups is 1. The molecule has 4 rings (SSSR count). The van der Waals surface area contributed by atoms with E-state index in [1.807, 2.05) is 6.07 Å². The second-order valence-electron chi connectivity index (χ2n) is 8.11. The van der Waals surface area contributed by atoms with Crippen molar-refractivity contribution in [1.82, 2.24) is 4.90 Å². The van der Waals surface area contributed by atoms with Crippen LogP contribution >= 0.6 is 0 Å². The van der Waals surface area contributed by atoms with Crippen molar-refractivity contribution in [2.45, 2.75) is 32.1 Å². The molecule has 29 heavy (non-hydrogen) atoms. The summed E-state index contributed by atoms with van der Waals surface area (Å²) in [6.07, 6.45) is 4.84. The molecule has 5 nitrogen and oxygen atoms in total. The molecule has 2 aromatic rings. The van der Waals surface area contributed by atoms with Crippen LogP contribution in [0.5, 0.6) is 5.75 Å². The van der Waals surface area contributed by atoms with E-state index >= 15 is 0 Å². The number of anilines is 2. The van der Waals surface area contributed by atoms with Crippen LogP contribution in [0, 0.1) is 5.92 Å². The Morgan fingerprint density at radius 3 is 2.69 bits per heavy atom. The van der Waals surface area contributed by atoms with Gasteiger partial charge in [0.25, 0.3) is 0 Å². The first-order valence-corrected chi connectivity index (χ1v) is 10.6. The number of aliphatic carboxylic acids is 1. The quantitative estimate of drug-likeness (QED) is 0.799. The van der Waals surface area contributed by atoms with Gasteiger partial charge in [0.1, 0.15) is 5.75 Å². The van der Waals surface area contributed by atoms with Crippen molar-refractivity contribution in [3.63, 3.8) is 0 Å². The molecule has 0 aromatic heterocycles. The lowest BCUT2D eigenvalue weighted by molar-refractivity contribution is -0.143. The lowest BCUT2D eigenvalue weighted by atomic mass is 9.98. The molecule has 154 valence electrons. The topological polar surface area (TPSA) is 53.0 Å². The van der Waals surface area contributed by atoms with Gasteiger partial charge in [-0.15, -0.1) is 0 Å². The average Bonchev–Trinajstić information content (AvgIpc) is 2.91. The monoisotopic (exact) mass is 394 g/mol. The summed E-state index contributed by atoms with van der Waals surface area (Å²) in [5.74, 6) is 0.0123. The molecule has 0 spiro atoms. The summed E-state index contributed by atoms with van der Waals surface area (Å²) in [5.41, 5.74) is 5.25. The number of likely N-dealkylation sites (tertiary alicyclic amines) is 1. The third kappa shape index (κ3) is 4.40. The summed E-state index contributed by atoms with van der Waals surface area (Å²) in [5, 5.41) is 9.34. The molecule has 5 heteroatoms. The number of fused-ring (bicyclic) bond motifs is 2. The summed E-state index contributed by atoms with van der Waals surface area (Å²) in [7, 11) is 1.71. The van der Waals surface area contributed by atoms with Crippen LogP contribution in [0.3, 0.4) is 0 Å². The van der Waals surface area contributed by atoms with Crippen molar-refractivity contribution in [2.75, 3.05) is 38.2 Å². The summed E-state index contributed by atoms with van der Waals surface area (Å²) in [6, 6.07) is 15.1. The zero-order valence-corrected chi connectivity index (χ0v) is 17.1. The minimum atomic E-state index is -0.655. The number of para-hydroxylation sites is 1. The van der Waals surface area contributed by atoms with Crippen molar-refractivity contribution < 1.29 is 14.6 Å². The highest BCUT2D eigenvalue weighted by Gasteiger charge is 2.26. The maximum Gasteiger partial charge on any atom is 0.307 e. The number of aryl methyl sites for hydroxylation is 2. The van der Waals surface area contributed by atoms with Crippen LogP contribution in [0.4, 0.5) is 11.4 Å². The van der Waals surface area contributed by atoms with Crippen molar-refractivity contribution in [3.8, 4) is 5.75 Å². The highest BCUT2D eigenvalue weighted by atomic mass is 16.5. The summed E-state index contributed by atoms with van der Waals surface area (Å²) < 4.78 is 5.50. The number of piperidine rings is 1. The first-order chi connectivity index (χ1) is 14.2. The summed E-state index contributed by atoms with van der Waals surface area (Å²) in [4.78, 5) is 16.1. The lowest BCUT2D eigenvalue weighted by Gasteiger charge is -2.32. The lowest BCUT2D eigenvalue weighted by Crippen LogP contribution is -2.39. The van der Waals surface area contributed by atoms with Crippen molar-refractivity contribution in [3.05, 3.63) is 53.6 Å².